The molecule has 0 fully saturated rings. The monoisotopic (exact) mass is 438 g/mol. The normalized spacial score (nSPS) is 14.9. The molecule has 1 unspecified atom stereocenters. The predicted octanol–water partition coefficient (Wildman–Crippen LogP) is 3.55. The lowest BCUT2D eigenvalue weighted by molar-refractivity contribution is 0.586. The van der Waals surface area contributed by atoms with Gasteiger partial charge in [0.05, 0.1) is 24.1 Å². The lowest BCUT2D eigenvalue weighted by atomic mass is 10.1. The second-order valence-corrected chi connectivity index (χ2v) is 7.97. The lowest BCUT2D eigenvalue weighted by Crippen LogP contribution is -2.32. The van der Waals surface area contributed by atoms with E-state index in [0.29, 0.717) is 5.95 Å². The Labute approximate surface area is 190 Å². The molecule has 1 aliphatic rings. The number of hydrogen-bond donors (Lipinski definition) is 0. The van der Waals surface area contributed by atoms with E-state index in [4.69, 9.17) is 9.97 Å². The van der Waals surface area contributed by atoms with Crippen molar-refractivity contribution in [3.8, 4) is 23.0 Å². The minimum Gasteiger partial charge on any atom is -0.311 e. The van der Waals surface area contributed by atoms with Gasteiger partial charge in [-0.2, -0.15) is 10.1 Å². The van der Waals surface area contributed by atoms with E-state index in [1.54, 1.807) is 10.9 Å². The van der Waals surface area contributed by atoms with Crippen LogP contribution in [0.4, 0.5) is 11.5 Å². The summed E-state index contributed by atoms with van der Waals surface area (Å²) >= 11 is 0. The molecule has 1 aliphatic heterocycles. The van der Waals surface area contributed by atoms with Gasteiger partial charge in [-0.15, -0.1) is 10.2 Å². The molecule has 0 aliphatic carbocycles. The number of anilines is 2. The van der Waals surface area contributed by atoms with Gasteiger partial charge in [0.2, 0.25) is 5.95 Å². The van der Waals surface area contributed by atoms with Crippen molar-refractivity contribution in [3.05, 3.63) is 73.0 Å². The van der Waals surface area contributed by atoms with Crippen LogP contribution in [0.1, 0.15) is 31.0 Å². The van der Waals surface area contributed by atoms with E-state index < -0.39 is 0 Å². The Hall–Kier alpha value is -4.34. The fourth-order valence-corrected chi connectivity index (χ4v) is 4.43. The number of fused-ring (bicyclic) bond motifs is 3. The van der Waals surface area contributed by atoms with Crippen molar-refractivity contribution in [2.45, 2.75) is 26.3 Å². The van der Waals surface area contributed by atoms with Crippen molar-refractivity contribution < 1.29 is 0 Å². The van der Waals surface area contributed by atoms with Gasteiger partial charge in [0.1, 0.15) is 17.3 Å². The molecule has 10 nitrogen and oxygen atoms in total. The molecule has 1 atom stereocenters. The van der Waals surface area contributed by atoms with Gasteiger partial charge in [-0.3, -0.25) is 13.8 Å². The molecule has 5 aromatic rings. The van der Waals surface area contributed by atoms with E-state index in [1.807, 2.05) is 78.2 Å². The zero-order valence-corrected chi connectivity index (χ0v) is 18.5. The topological polar surface area (TPSA) is 95.4 Å². The molecule has 1 aromatic carbocycles. The maximum Gasteiger partial charge on any atom is 0.237 e. The van der Waals surface area contributed by atoms with Gasteiger partial charge in [-0.1, -0.05) is 37.3 Å². The average molecular weight is 438 g/mol. The Kier molecular flexibility index (Phi) is 4.32. The van der Waals surface area contributed by atoms with Crippen molar-refractivity contribution in [1.82, 2.24) is 44.1 Å². The molecule has 33 heavy (non-hydrogen) atoms. The molecule has 0 saturated carbocycles. The van der Waals surface area contributed by atoms with Crippen molar-refractivity contribution in [2.24, 2.45) is 7.05 Å². The van der Waals surface area contributed by atoms with Crippen LogP contribution in [0.15, 0.2) is 61.3 Å². The highest BCUT2D eigenvalue weighted by Gasteiger charge is 2.36. The molecule has 0 saturated heterocycles. The van der Waals surface area contributed by atoms with Gasteiger partial charge >= 0.3 is 0 Å². The van der Waals surface area contributed by atoms with Crippen LogP contribution >= 0.6 is 0 Å². The second kappa shape index (κ2) is 7.37. The maximum atomic E-state index is 5.05. The van der Waals surface area contributed by atoms with Crippen LogP contribution in [0.25, 0.3) is 23.0 Å². The van der Waals surface area contributed by atoms with Crippen LogP contribution in [0, 0.1) is 6.92 Å². The maximum absolute atomic E-state index is 5.05. The number of rotatable bonds is 4. The molecule has 10 heteroatoms. The minimum absolute atomic E-state index is 0.0398. The Morgan fingerprint density at radius 2 is 1.88 bits per heavy atom. The number of hydrogen-bond acceptors (Lipinski definition) is 7. The van der Waals surface area contributed by atoms with Crippen molar-refractivity contribution in [1.29, 1.82) is 0 Å². The fraction of sp³-hybridized carbons (Fsp3) is 0.217. The third kappa shape index (κ3) is 2.94. The third-order valence-electron chi connectivity index (χ3n) is 5.91. The highest BCUT2D eigenvalue weighted by molar-refractivity contribution is 5.71. The van der Waals surface area contributed by atoms with E-state index in [1.165, 1.54) is 0 Å². The summed E-state index contributed by atoms with van der Waals surface area (Å²) in [6.07, 6.45) is 10.1. The second-order valence-electron chi connectivity index (χ2n) is 7.97. The van der Waals surface area contributed by atoms with Gasteiger partial charge in [0.15, 0.2) is 11.6 Å². The van der Waals surface area contributed by atoms with Gasteiger partial charge in [-0.25, -0.2) is 9.97 Å². The van der Waals surface area contributed by atoms with Gasteiger partial charge in [-0.05, 0) is 13.3 Å². The smallest absolute Gasteiger partial charge is 0.237 e. The van der Waals surface area contributed by atoms with E-state index in [9.17, 15) is 0 Å². The first-order valence-electron chi connectivity index (χ1n) is 10.8. The summed E-state index contributed by atoms with van der Waals surface area (Å²) < 4.78 is 5.75. The summed E-state index contributed by atoms with van der Waals surface area (Å²) in [5.74, 6) is 3.79. The minimum atomic E-state index is -0.0398. The van der Waals surface area contributed by atoms with Crippen LogP contribution in [0.2, 0.25) is 0 Å². The number of nitrogens with zero attached hydrogens (tertiary/aromatic N) is 10. The van der Waals surface area contributed by atoms with Crippen LogP contribution in [0.3, 0.4) is 0 Å². The van der Waals surface area contributed by atoms with Crippen molar-refractivity contribution >= 4 is 11.5 Å². The standard InChI is InChI=1S/C23H22N10/c1-4-18-22-29-28-15(2)32(22)19-13-25-23(27-21(19)33(18)17-12-26-30(3)14-17)31-11-10-24-20(31)16-8-6-5-7-9-16/h5-14,18H,4H2,1-3H3. The molecular weight excluding hydrogens is 416 g/mol. The summed E-state index contributed by atoms with van der Waals surface area (Å²) in [7, 11) is 1.91. The molecule has 0 bridgehead atoms. The van der Waals surface area contributed by atoms with E-state index >= 15 is 0 Å². The molecule has 5 heterocycles. The van der Waals surface area contributed by atoms with Crippen LogP contribution in [0.5, 0.6) is 0 Å². The van der Waals surface area contributed by atoms with Crippen LogP contribution in [-0.4, -0.2) is 44.1 Å². The summed E-state index contributed by atoms with van der Waals surface area (Å²) in [6.45, 7) is 4.09. The summed E-state index contributed by atoms with van der Waals surface area (Å²) in [5, 5.41) is 13.2. The first-order chi connectivity index (χ1) is 16.2. The first-order valence-corrected chi connectivity index (χ1v) is 10.8. The molecular formula is C23H22N10. The molecule has 0 radical (unpaired) electrons. The van der Waals surface area contributed by atoms with Gasteiger partial charge < -0.3 is 4.90 Å². The average Bonchev–Trinajstić information content (AvgIpc) is 3.58. The van der Waals surface area contributed by atoms with Gasteiger partial charge in [0, 0.05) is 31.2 Å². The molecule has 6 rings (SSSR count). The Morgan fingerprint density at radius 3 is 2.64 bits per heavy atom. The van der Waals surface area contributed by atoms with Crippen molar-refractivity contribution in [2.75, 3.05) is 4.90 Å². The summed E-state index contributed by atoms with van der Waals surface area (Å²) in [6, 6.07) is 9.99. The third-order valence-corrected chi connectivity index (χ3v) is 5.91. The Bertz CT molecular complexity index is 1450. The van der Waals surface area contributed by atoms with Crippen LogP contribution < -0.4 is 4.90 Å². The lowest BCUT2D eigenvalue weighted by Gasteiger charge is -2.36. The largest absolute Gasteiger partial charge is 0.311 e. The highest BCUT2D eigenvalue weighted by atomic mass is 15.4. The van der Waals surface area contributed by atoms with E-state index in [2.05, 4.69) is 32.1 Å². The number of aromatic nitrogens is 9. The summed E-state index contributed by atoms with van der Waals surface area (Å²) in [5.41, 5.74) is 2.78. The predicted molar refractivity (Wildman–Crippen MR) is 123 cm³/mol. The van der Waals surface area contributed by atoms with Crippen molar-refractivity contribution in [3.63, 3.8) is 0 Å². The Balaban J connectivity index is 1.57. The SMILES string of the molecule is CCC1c2nnc(C)n2-c2cnc(-n3ccnc3-c3ccccc3)nc2N1c1cnn(C)c1. The fourth-order valence-electron chi connectivity index (χ4n) is 4.43. The highest BCUT2D eigenvalue weighted by Crippen LogP contribution is 2.43. The molecule has 4 aromatic heterocycles. The van der Waals surface area contributed by atoms with E-state index in [-0.39, 0.29) is 6.04 Å². The quantitative estimate of drug-likeness (QED) is 0.423. The number of imidazole rings is 1. The van der Waals surface area contributed by atoms with Gasteiger partial charge in [0.25, 0.3) is 0 Å². The molecule has 0 amide bonds. The molecule has 0 spiro atoms. The zero-order chi connectivity index (χ0) is 22.5. The number of aryl methyl sites for hydroxylation is 2. The molecule has 164 valence electrons. The summed E-state index contributed by atoms with van der Waals surface area (Å²) in [4.78, 5) is 16.5. The zero-order valence-electron chi connectivity index (χ0n) is 18.5. The van der Waals surface area contributed by atoms with Crippen LogP contribution in [-0.2, 0) is 7.05 Å². The first kappa shape index (κ1) is 19.4. The van der Waals surface area contributed by atoms with E-state index in [0.717, 1.165) is 46.7 Å². The molecule has 0 N–H and O–H groups in total. The Morgan fingerprint density at radius 1 is 1.03 bits per heavy atom. The number of benzene rings is 1.